The van der Waals surface area contributed by atoms with E-state index in [9.17, 15) is 4.79 Å². The Labute approximate surface area is 60.5 Å². The molecule has 0 spiro atoms. The summed E-state index contributed by atoms with van der Waals surface area (Å²) in [6.07, 6.45) is 0.721. The molecule has 1 aliphatic rings. The van der Waals surface area contributed by atoms with Crippen molar-refractivity contribution in [2.24, 2.45) is 5.73 Å². The van der Waals surface area contributed by atoms with Crippen LogP contribution < -0.4 is 5.73 Å². The summed E-state index contributed by atoms with van der Waals surface area (Å²) in [5.41, 5.74) is 4.96. The fraction of sp³-hybridized carbons (Fsp3) is 0.857. The Balaban J connectivity index is 2.73. The number of nitrogens with two attached hydrogens (primary N) is 1. The zero-order chi connectivity index (χ0) is 7.78. The lowest BCUT2D eigenvalue weighted by Gasteiger charge is -2.21. The van der Waals surface area contributed by atoms with Crippen molar-refractivity contribution in [1.82, 2.24) is 0 Å². The quantitative estimate of drug-likeness (QED) is 0.565. The highest BCUT2D eigenvalue weighted by Gasteiger charge is 2.42. The standard InChI is InChI=1S/C7H13NO2/c1-3-6-7(2,8)5(9)4-10-6/h6H,3-4,8H2,1-2H3/t6?,7-/m1/s1. The van der Waals surface area contributed by atoms with Gasteiger partial charge < -0.3 is 10.5 Å². The number of ketones is 1. The van der Waals surface area contributed by atoms with Crippen LogP contribution in [0.5, 0.6) is 0 Å². The van der Waals surface area contributed by atoms with Gasteiger partial charge in [0.25, 0.3) is 0 Å². The zero-order valence-electron chi connectivity index (χ0n) is 6.39. The predicted octanol–water partition coefficient (Wildman–Crippen LogP) is 0.0817. The van der Waals surface area contributed by atoms with E-state index in [1.165, 1.54) is 0 Å². The van der Waals surface area contributed by atoms with Crippen LogP contribution in [0.15, 0.2) is 0 Å². The molecule has 0 bridgehead atoms. The summed E-state index contributed by atoms with van der Waals surface area (Å²) in [5, 5.41) is 0. The van der Waals surface area contributed by atoms with Gasteiger partial charge in [-0.3, -0.25) is 4.79 Å². The van der Waals surface area contributed by atoms with Crippen molar-refractivity contribution >= 4 is 5.78 Å². The predicted molar refractivity (Wildman–Crippen MR) is 37.6 cm³/mol. The molecule has 1 aliphatic heterocycles. The van der Waals surface area contributed by atoms with E-state index in [0.29, 0.717) is 0 Å². The minimum absolute atomic E-state index is 0.0133. The molecule has 1 unspecified atom stereocenters. The molecule has 2 atom stereocenters. The van der Waals surface area contributed by atoms with Crippen LogP contribution in [0.25, 0.3) is 0 Å². The van der Waals surface area contributed by atoms with E-state index in [1.54, 1.807) is 6.92 Å². The van der Waals surface area contributed by atoms with Gasteiger partial charge >= 0.3 is 0 Å². The monoisotopic (exact) mass is 143 g/mol. The third-order valence-corrected chi connectivity index (χ3v) is 2.06. The van der Waals surface area contributed by atoms with Crippen molar-refractivity contribution in [1.29, 1.82) is 0 Å². The summed E-state index contributed by atoms with van der Waals surface area (Å²) in [6, 6.07) is 0. The van der Waals surface area contributed by atoms with E-state index in [4.69, 9.17) is 10.5 Å². The molecular formula is C7H13NO2. The average Bonchev–Trinajstić information content (AvgIpc) is 2.10. The molecule has 0 amide bonds. The van der Waals surface area contributed by atoms with Crippen LogP contribution in [-0.2, 0) is 9.53 Å². The van der Waals surface area contributed by atoms with Gasteiger partial charge in [0, 0.05) is 0 Å². The van der Waals surface area contributed by atoms with Crippen molar-refractivity contribution in [2.45, 2.75) is 31.9 Å². The Hall–Kier alpha value is -0.410. The van der Waals surface area contributed by atoms with Gasteiger partial charge in [-0.25, -0.2) is 0 Å². The number of rotatable bonds is 1. The lowest BCUT2D eigenvalue weighted by Crippen LogP contribution is -2.49. The molecule has 58 valence electrons. The van der Waals surface area contributed by atoms with Gasteiger partial charge in [-0.2, -0.15) is 0 Å². The van der Waals surface area contributed by atoms with E-state index in [2.05, 4.69) is 0 Å². The van der Waals surface area contributed by atoms with Gasteiger partial charge in [-0.05, 0) is 13.3 Å². The highest BCUT2D eigenvalue weighted by atomic mass is 16.5. The van der Waals surface area contributed by atoms with Gasteiger partial charge in [0.05, 0.1) is 6.10 Å². The van der Waals surface area contributed by atoms with E-state index < -0.39 is 5.54 Å². The summed E-state index contributed by atoms with van der Waals surface area (Å²) in [4.78, 5) is 11.0. The smallest absolute Gasteiger partial charge is 0.180 e. The maximum absolute atomic E-state index is 11.0. The van der Waals surface area contributed by atoms with Crippen LogP contribution in [0.4, 0.5) is 0 Å². The average molecular weight is 143 g/mol. The molecule has 0 aromatic rings. The van der Waals surface area contributed by atoms with Crippen molar-refractivity contribution in [2.75, 3.05) is 6.61 Å². The number of carbonyl (C=O) groups excluding carboxylic acids is 1. The first-order valence-corrected chi connectivity index (χ1v) is 3.52. The molecule has 3 nitrogen and oxygen atoms in total. The molecule has 0 aromatic heterocycles. The number of Topliss-reactive ketones (excluding diaryl/α,β-unsaturated/α-hetero) is 1. The summed E-state index contributed by atoms with van der Waals surface area (Å²) in [7, 11) is 0. The summed E-state index contributed by atoms with van der Waals surface area (Å²) >= 11 is 0. The third-order valence-electron chi connectivity index (χ3n) is 2.06. The Morgan fingerprint density at radius 2 is 2.50 bits per heavy atom. The first-order chi connectivity index (χ1) is 4.59. The number of hydrogen-bond donors (Lipinski definition) is 1. The Kier molecular flexibility index (Phi) is 1.79. The van der Waals surface area contributed by atoms with Crippen LogP contribution in [-0.4, -0.2) is 24.0 Å². The molecule has 10 heavy (non-hydrogen) atoms. The molecule has 0 radical (unpaired) electrons. The van der Waals surface area contributed by atoms with Crippen molar-refractivity contribution < 1.29 is 9.53 Å². The molecule has 0 aliphatic carbocycles. The second-order valence-electron chi connectivity index (χ2n) is 2.91. The molecule has 3 heteroatoms. The SMILES string of the molecule is CCC1OCC(=O)[C@@]1(C)N. The van der Waals surface area contributed by atoms with E-state index >= 15 is 0 Å². The van der Waals surface area contributed by atoms with E-state index in [1.807, 2.05) is 6.92 Å². The minimum Gasteiger partial charge on any atom is -0.368 e. The number of ether oxygens (including phenoxy) is 1. The lowest BCUT2D eigenvalue weighted by atomic mass is 9.92. The van der Waals surface area contributed by atoms with Gasteiger partial charge in [-0.15, -0.1) is 0 Å². The largest absolute Gasteiger partial charge is 0.368 e. The normalized spacial score (nSPS) is 40.7. The summed E-state index contributed by atoms with van der Waals surface area (Å²) < 4.78 is 5.16. The van der Waals surface area contributed by atoms with E-state index in [-0.39, 0.29) is 18.5 Å². The molecular weight excluding hydrogens is 130 g/mol. The Morgan fingerprint density at radius 3 is 2.70 bits per heavy atom. The maximum atomic E-state index is 11.0. The van der Waals surface area contributed by atoms with Crippen molar-refractivity contribution in [3.8, 4) is 0 Å². The number of hydrogen-bond acceptors (Lipinski definition) is 3. The Bertz CT molecular complexity index is 154. The number of carbonyl (C=O) groups is 1. The van der Waals surface area contributed by atoms with E-state index in [0.717, 1.165) is 6.42 Å². The molecule has 1 rings (SSSR count). The van der Waals surface area contributed by atoms with Crippen molar-refractivity contribution in [3.05, 3.63) is 0 Å². The summed E-state index contributed by atoms with van der Waals surface area (Å²) in [6.45, 7) is 3.89. The minimum atomic E-state index is -0.741. The summed E-state index contributed by atoms with van der Waals surface area (Å²) in [5.74, 6) is 0.0133. The topological polar surface area (TPSA) is 52.3 Å². The van der Waals surface area contributed by atoms with Gasteiger partial charge in [0.2, 0.25) is 0 Å². The van der Waals surface area contributed by atoms with Gasteiger partial charge in [0.15, 0.2) is 5.78 Å². The molecule has 1 saturated heterocycles. The molecule has 2 N–H and O–H groups in total. The highest BCUT2D eigenvalue weighted by molar-refractivity contribution is 5.91. The molecule has 1 fully saturated rings. The molecule has 0 aromatic carbocycles. The lowest BCUT2D eigenvalue weighted by molar-refractivity contribution is -0.121. The van der Waals surface area contributed by atoms with Gasteiger partial charge in [0.1, 0.15) is 12.1 Å². The highest BCUT2D eigenvalue weighted by Crippen LogP contribution is 2.21. The molecule has 1 heterocycles. The van der Waals surface area contributed by atoms with Crippen molar-refractivity contribution in [3.63, 3.8) is 0 Å². The van der Waals surface area contributed by atoms with Gasteiger partial charge in [-0.1, -0.05) is 6.92 Å². The fourth-order valence-electron chi connectivity index (χ4n) is 1.23. The van der Waals surface area contributed by atoms with Crippen LogP contribution in [0.1, 0.15) is 20.3 Å². The third kappa shape index (κ3) is 0.954. The fourth-order valence-corrected chi connectivity index (χ4v) is 1.23. The van der Waals surface area contributed by atoms with Crippen LogP contribution in [0, 0.1) is 0 Å². The first kappa shape index (κ1) is 7.69. The Morgan fingerprint density at radius 1 is 1.90 bits per heavy atom. The first-order valence-electron chi connectivity index (χ1n) is 3.52. The zero-order valence-corrected chi connectivity index (χ0v) is 6.39. The van der Waals surface area contributed by atoms with Crippen LogP contribution in [0.2, 0.25) is 0 Å². The molecule has 0 saturated carbocycles. The van der Waals surface area contributed by atoms with Crippen LogP contribution >= 0.6 is 0 Å². The second kappa shape index (κ2) is 2.32. The van der Waals surface area contributed by atoms with Crippen LogP contribution in [0.3, 0.4) is 0 Å². The maximum Gasteiger partial charge on any atom is 0.180 e. The second-order valence-corrected chi connectivity index (χ2v) is 2.91.